The first-order chi connectivity index (χ1) is 9.67. The quantitative estimate of drug-likeness (QED) is 0.905. The van der Waals surface area contributed by atoms with Crippen molar-refractivity contribution >= 4 is 15.9 Å². The summed E-state index contributed by atoms with van der Waals surface area (Å²) in [5.41, 5.74) is 8.64. The van der Waals surface area contributed by atoms with Gasteiger partial charge >= 0.3 is 0 Å². The fourth-order valence-electron chi connectivity index (χ4n) is 2.55. The van der Waals surface area contributed by atoms with Gasteiger partial charge < -0.3 is 15.0 Å². The summed E-state index contributed by atoms with van der Waals surface area (Å²) in [4.78, 5) is 0. The molecule has 1 unspecified atom stereocenters. The Kier molecular flexibility index (Phi) is 3.85. The topological polar surface area (TPSA) is 40.2 Å². The first-order valence-corrected chi connectivity index (χ1v) is 7.70. The average Bonchev–Trinajstić information content (AvgIpc) is 3.19. The summed E-state index contributed by atoms with van der Waals surface area (Å²) in [6.07, 6.45) is 6.79. The number of hydrogen-bond acceptors (Lipinski definition) is 2. The Morgan fingerprint density at radius 1 is 1.40 bits per heavy atom. The van der Waals surface area contributed by atoms with Gasteiger partial charge in [-0.1, -0.05) is 15.9 Å². The summed E-state index contributed by atoms with van der Waals surface area (Å²) in [6.45, 7) is 0.792. The van der Waals surface area contributed by atoms with E-state index in [4.69, 9.17) is 10.5 Å². The monoisotopic (exact) mass is 334 g/mol. The zero-order valence-electron chi connectivity index (χ0n) is 11.6. The van der Waals surface area contributed by atoms with E-state index in [1.807, 2.05) is 12.1 Å². The number of rotatable bonds is 5. The van der Waals surface area contributed by atoms with Gasteiger partial charge in [-0.25, -0.2) is 0 Å². The van der Waals surface area contributed by atoms with Crippen molar-refractivity contribution in [2.24, 2.45) is 11.7 Å². The molecule has 20 heavy (non-hydrogen) atoms. The molecule has 106 valence electrons. The van der Waals surface area contributed by atoms with Gasteiger partial charge in [0.15, 0.2) is 0 Å². The van der Waals surface area contributed by atoms with Crippen LogP contribution in [-0.2, 0) is 6.54 Å². The predicted molar refractivity (Wildman–Crippen MR) is 83.9 cm³/mol. The summed E-state index contributed by atoms with van der Waals surface area (Å²) in [5, 5.41) is 0. The Balaban J connectivity index is 1.79. The molecule has 1 aliphatic carbocycles. The predicted octanol–water partition coefficient (Wildman–Crippen LogP) is 3.72. The lowest BCUT2D eigenvalue weighted by atomic mass is 10.1. The molecule has 1 saturated carbocycles. The van der Waals surface area contributed by atoms with E-state index in [9.17, 15) is 0 Å². The van der Waals surface area contributed by atoms with Crippen LogP contribution in [0.15, 0.2) is 41.1 Å². The minimum atomic E-state index is 0.195. The van der Waals surface area contributed by atoms with E-state index in [1.165, 1.54) is 18.4 Å². The van der Waals surface area contributed by atoms with Crippen LogP contribution in [0.5, 0.6) is 5.75 Å². The second-order valence-electron chi connectivity index (χ2n) is 5.44. The zero-order chi connectivity index (χ0) is 14.1. The molecule has 0 spiro atoms. The van der Waals surface area contributed by atoms with E-state index >= 15 is 0 Å². The molecule has 1 heterocycles. The van der Waals surface area contributed by atoms with Gasteiger partial charge in [-0.2, -0.15) is 0 Å². The largest absolute Gasteiger partial charge is 0.496 e. The summed E-state index contributed by atoms with van der Waals surface area (Å²) < 4.78 is 8.65. The van der Waals surface area contributed by atoms with Crippen molar-refractivity contribution in [1.82, 2.24) is 4.57 Å². The van der Waals surface area contributed by atoms with Crippen LogP contribution >= 0.6 is 15.9 Å². The molecule has 0 aliphatic heterocycles. The molecule has 0 saturated heterocycles. The van der Waals surface area contributed by atoms with Crippen LogP contribution in [0.1, 0.15) is 30.0 Å². The molecule has 1 aromatic carbocycles. The van der Waals surface area contributed by atoms with Crippen LogP contribution < -0.4 is 10.5 Å². The van der Waals surface area contributed by atoms with Crippen molar-refractivity contribution in [2.45, 2.75) is 25.4 Å². The number of hydrogen-bond donors (Lipinski definition) is 1. The summed E-state index contributed by atoms with van der Waals surface area (Å²) in [6, 6.07) is 8.40. The van der Waals surface area contributed by atoms with Crippen molar-refractivity contribution in [1.29, 1.82) is 0 Å². The Bertz CT molecular complexity index is 604. The van der Waals surface area contributed by atoms with Crippen LogP contribution in [0.25, 0.3) is 0 Å². The van der Waals surface area contributed by atoms with Crippen LogP contribution in [-0.4, -0.2) is 11.7 Å². The highest BCUT2D eigenvalue weighted by molar-refractivity contribution is 9.10. The number of halogens is 1. The fraction of sp³-hybridized carbons (Fsp3) is 0.375. The molecule has 3 rings (SSSR count). The highest BCUT2D eigenvalue weighted by Crippen LogP contribution is 2.39. The number of aromatic nitrogens is 1. The first kappa shape index (κ1) is 13.7. The first-order valence-electron chi connectivity index (χ1n) is 6.91. The third kappa shape index (κ3) is 2.91. The van der Waals surface area contributed by atoms with E-state index in [2.05, 4.69) is 45.0 Å². The van der Waals surface area contributed by atoms with Gasteiger partial charge in [-0.05, 0) is 48.6 Å². The summed E-state index contributed by atoms with van der Waals surface area (Å²) >= 11 is 3.51. The summed E-state index contributed by atoms with van der Waals surface area (Å²) in [7, 11) is 1.71. The average molecular weight is 335 g/mol. The normalized spacial score (nSPS) is 16.1. The molecule has 1 aliphatic rings. The van der Waals surface area contributed by atoms with E-state index in [-0.39, 0.29) is 6.04 Å². The number of ether oxygens (including phenoxy) is 1. The zero-order valence-corrected chi connectivity index (χ0v) is 13.1. The Morgan fingerprint density at radius 3 is 2.90 bits per heavy atom. The van der Waals surface area contributed by atoms with Crippen molar-refractivity contribution in [3.05, 3.63) is 52.3 Å². The maximum Gasteiger partial charge on any atom is 0.123 e. The van der Waals surface area contributed by atoms with E-state index < -0.39 is 0 Å². The van der Waals surface area contributed by atoms with Crippen molar-refractivity contribution < 1.29 is 4.74 Å². The lowest BCUT2D eigenvalue weighted by Crippen LogP contribution is -2.11. The molecule has 0 bridgehead atoms. The van der Waals surface area contributed by atoms with Crippen LogP contribution in [0.3, 0.4) is 0 Å². The molecule has 1 fully saturated rings. The Morgan fingerprint density at radius 2 is 2.20 bits per heavy atom. The van der Waals surface area contributed by atoms with Gasteiger partial charge in [0.05, 0.1) is 13.7 Å². The standard InChI is InChI=1S/C16H19BrN2O/c1-20-15-5-4-14(17)8-13(15)10-19-7-6-12(9-19)16(18)11-2-3-11/h4-9,11,16H,2-3,10,18H2,1H3. The Hall–Kier alpha value is -1.26. The van der Waals surface area contributed by atoms with Crippen LogP contribution in [0.2, 0.25) is 0 Å². The Labute approximate surface area is 127 Å². The lowest BCUT2D eigenvalue weighted by Gasteiger charge is -2.10. The molecule has 1 aromatic heterocycles. The molecule has 2 aromatic rings. The van der Waals surface area contributed by atoms with E-state index in [0.29, 0.717) is 5.92 Å². The van der Waals surface area contributed by atoms with Gasteiger partial charge in [0.1, 0.15) is 5.75 Å². The van der Waals surface area contributed by atoms with E-state index in [1.54, 1.807) is 7.11 Å². The molecular formula is C16H19BrN2O. The number of nitrogens with two attached hydrogens (primary N) is 1. The molecule has 3 nitrogen and oxygen atoms in total. The highest BCUT2D eigenvalue weighted by atomic mass is 79.9. The SMILES string of the molecule is COc1ccc(Br)cc1Cn1ccc(C(N)C2CC2)c1. The van der Waals surface area contributed by atoms with Gasteiger partial charge in [0, 0.05) is 28.5 Å². The third-order valence-corrected chi connectivity index (χ3v) is 4.38. The van der Waals surface area contributed by atoms with Gasteiger partial charge in [0.2, 0.25) is 0 Å². The molecule has 2 N–H and O–H groups in total. The minimum absolute atomic E-state index is 0.195. The molecular weight excluding hydrogens is 316 g/mol. The fourth-order valence-corrected chi connectivity index (χ4v) is 2.96. The molecule has 1 atom stereocenters. The lowest BCUT2D eigenvalue weighted by molar-refractivity contribution is 0.408. The van der Waals surface area contributed by atoms with Gasteiger partial charge in [-0.3, -0.25) is 0 Å². The van der Waals surface area contributed by atoms with Gasteiger partial charge in [-0.15, -0.1) is 0 Å². The van der Waals surface area contributed by atoms with Crippen molar-refractivity contribution in [3.8, 4) is 5.75 Å². The molecule has 4 heteroatoms. The van der Waals surface area contributed by atoms with Crippen molar-refractivity contribution in [3.63, 3.8) is 0 Å². The van der Waals surface area contributed by atoms with Crippen LogP contribution in [0.4, 0.5) is 0 Å². The van der Waals surface area contributed by atoms with Gasteiger partial charge in [0.25, 0.3) is 0 Å². The number of nitrogens with zero attached hydrogens (tertiary/aromatic N) is 1. The molecule has 0 radical (unpaired) electrons. The summed E-state index contributed by atoms with van der Waals surface area (Å²) in [5.74, 6) is 1.60. The molecule has 0 amide bonds. The smallest absolute Gasteiger partial charge is 0.123 e. The highest BCUT2D eigenvalue weighted by Gasteiger charge is 2.29. The second kappa shape index (κ2) is 5.62. The third-order valence-electron chi connectivity index (χ3n) is 3.88. The van der Waals surface area contributed by atoms with Crippen LogP contribution in [0, 0.1) is 5.92 Å². The minimum Gasteiger partial charge on any atom is -0.496 e. The maximum atomic E-state index is 6.24. The number of methoxy groups -OCH3 is 1. The van der Waals surface area contributed by atoms with Crippen molar-refractivity contribution in [2.75, 3.05) is 7.11 Å². The number of benzene rings is 1. The van der Waals surface area contributed by atoms with E-state index in [0.717, 1.165) is 22.3 Å². The second-order valence-corrected chi connectivity index (χ2v) is 6.35. The maximum absolute atomic E-state index is 6.24.